The highest BCUT2D eigenvalue weighted by Gasteiger charge is 2.54. The van der Waals surface area contributed by atoms with E-state index >= 15 is 0 Å². The summed E-state index contributed by atoms with van der Waals surface area (Å²) >= 11 is 0. The number of fused-ring (bicyclic) bond motifs is 1. The van der Waals surface area contributed by atoms with Crippen LogP contribution in [0, 0.1) is 5.41 Å². The Bertz CT molecular complexity index is 625. The summed E-state index contributed by atoms with van der Waals surface area (Å²) in [4.78, 5) is 20.7. The van der Waals surface area contributed by atoms with Crippen molar-refractivity contribution in [3.05, 3.63) is 35.4 Å². The number of carbonyl (C=O) groups is 1. The van der Waals surface area contributed by atoms with E-state index in [1.54, 1.807) is 0 Å². The van der Waals surface area contributed by atoms with Crippen molar-refractivity contribution in [3.63, 3.8) is 0 Å². The van der Waals surface area contributed by atoms with Gasteiger partial charge in [-0.25, -0.2) is 0 Å². The zero-order chi connectivity index (χ0) is 17.9. The molecule has 0 spiro atoms. The summed E-state index contributed by atoms with van der Waals surface area (Å²) in [6, 6.07) is 8.49. The molecule has 0 N–H and O–H groups in total. The number of hydrogen-bond acceptors (Lipinski definition) is 3. The molecule has 4 heteroatoms. The molecule has 2 fully saturated rings. The Morgan fingerprint density at radius 2 is 1.62 bits per heavy atom. The summed E-state index contributed by atoms with van der Waals surface area (Å²) in [7, 11) is 1.88. The lowest BCUT2D eigenvalue weighted by atomic mass is 9.86. The van der Waals surface area contributed by atoms with Crippen LogP contribution in [0.25, 0.3) is 0 Å². The molecule has 0 unspecified atom stereocenters. The second-order valence-electron chi connectivity index (χ2n) is 9.27. The second-order valence-corrected chi connectivity index (χ2v) is 9.27. The van der Waals surface area contributed by atoms with Crippen molar-refractivity contribution in [2.75, 3.05) is 7.05 Å². The number of hydrogen-bond donors (Lipinski definition) is 0. The number of hydroxylamine groups is 2. The normalized spacial score (nSPS) is 28.5. The van der Waals surface area contributed by atoms with Gasteiger partial charge >= 0.3 is 0 Å². The maximum absolute atomic E-state index is 12.6. The third-order valence-electron chi connectivity index (χ3n) is 5.16. The van der Waals surface area contributed by atoms with Gasteiger partial charge in [-0.1, -0.05) is 65.8 Å². The van der Waals surface area contributed by atoms with E-state index in [0.717, 1.165) is 12.0 Å². The van der Waals surface area contributed by atoms with Crippen molar-refractivity contribution < 1.29 is 9.63 Å². The van der Waals surface area contributed by atoms with Gasteiger partial charge in [0, 0.05) is 13.5 Å². The van der Waals surface area contributed by atoms with E-state index in [1.165, 1.54) is 5.56 Å². The van der Waals surface area contributed by atoms with Gasteiger partial charge in [0.15, 0.2) is 0 Å². The number of benzene rings is 1. The van der Waals surface area contributed by atoms with Crippen LogP contribution in [0.4, 0.5) is 0 Å². The summed E-state index contributed by atoms with van der Waals surface area (Å²) in [6.07, 6.45) is 0.672. The average molecular weight is 330 g/mol. The summed E-state index contributed by atoms with van der Waals surface area (Å²) < 4.78 is 0. The molecule has 4 nitrogen and oxygen atoms in total. The highest BCUT2D eigenvalue weighted by molar-refractivity contribution is 5.84. The lowest BCUT2D eigenvalue weighted by Crippen LogP contribution is -2.46. The van der Waals surface area contributed by atoms with Crippen molar-refractivity contribution in [3.8, 4) is 0 Å². The molecule has 3 rings (SSSR count). The van der Waals surface area contributed by atoms with E-state index in [9.17, 15) is 4.79 Å². The summed E-state index contributed by atoms with van der Waals surface area (Å²) in [6.45, 7) is 13.1. The molecule has 0 radical (unpaired) electrons. The lowest BCUT2D eigenvalue weighted by Gasteiger charge is -2.36. The summed E-state index contributed by atoms with van der Waals surface area (Å²) in [5.74, 6) is 0.170. The maximum Gasteiger partial charge on any atom is 0.243 e. The minimum absolute atomic E-state index is 0.0196. The van der Waals surface area contributed by atoms with Gasteiger partial charge in [0.2, 0.25) is 5.91 Å². The Labute approximate surface area is 145 Å². The van der Waals surface area contributed by atoms with Crippen LogP contribution in [0.3, 0.4) is 0 Å². The number of rotatable bonds is 1. The quantitative estimate of drug-likeness (QED) is 0.783. The van der Waals surface area contributed by atoms with Crippen LogP contribution in [0.2, 0.25) is 0 Å². The van der Waals surface area contributed by atoms with E-state index in [4.69, 9.17) is 4.84 Å². The molecule has 2 aliphatic heterocycles. The molecule has 1 aromatic carbocycles. The SMILES string of the molecule is CN1C(=O)[C@@H]2C[C@@H](c3ccc(C(C)(C)C)cc3)ON2[C@H]1C(C)(C)C. The fourth-order valence-electron chi connectivity index (χ4n) is 3.89. The van der Waals surface area contributed by atoms with E-state index in [2.05, 4.69) is 65.8 Å². The molecular weight excluding hydrogens is 300 g/mol. The Kier molecular flexibility index (Phi) is 4.04. The van der Waals surface area contributed by atoms with Crippen molar-refractivity contribution in [1.82, 2.24) is 9.96 Å². The smallest absolute Gasteiger partial charge is 0.243 e. The standard InChI is InChI=1S/C20H30N2O2/c1-19(2,3)14-10-8-13(9-11-14)16-12-15-17(23)21(7)18(20(4,5)6)22(15)24-16/h8-11,15-16,18H,12H2,1-7H3/t15-,16-,18-/m0/s1. The second kappa shape index (κ2) is 5.57. The van der Waals surface area contributed by atoms with Crippen molar-refractivity contribution in [1.29, 1.82) is 0 Å². The average Bonchev–Trinajstić information content (AvgIpc) is 2.97. The minimum atomic E-state index is -0.161. The monoisotopic (exact) mass is 330 g/mol. The van der Waals surface area contributed by atoms with Crippen molar-refractivity contribution >= 4 is 5.91 Å². The molecule has 2 aliphatic rings. The minimum Gasteiger partial charge on any atom is -0.326 e. The molecule has 0 aliphatic carbocycles. The van der Waals surface area contributed by atoms with Crippen molar-refractivity contribution in [2.45, 2.75) is 71.7 Å². The van der Waals surface area contributed by atoms with Crippen LogP contribution >= 0.6 is 0 Å². The van der Waals surface area contributed by atoms with Gasteiger partial charge in [0.05, 0.1) is 0 Å². The van der Waals surface area contributed by atoms with E-state index < -0.39 is 0 Å². The van der Waals surface area contributed by atoms with E-state index in [0.29, 0.717) is 0 Å². The highest BCUT2D eigenvalue weighted by atomic mass is 16.7. The fourth-order valence-corrected chi connectivity index (χ4v) is 3.89. The van der Waals surface area contributed by atoms with Gasteiger partial charge in [-0.2, -0.15) is 5.06 Å². The number of nitrogens with zero attached hydrogens (tertiary/aromatic N) is 2. The molecule has 2 heterocycles. The molecule has 0 bridgehead atoms. The first-order valence-electron chi connectivity index (χ1n) is 8.82. The van der Waals surface area contributed by atoms with Gasteiger partial charge in [-0.3, -0.25) is 9.63 Å². The lowest BCUT2D eigenvalue weighted by molar-refractivity contribution is -0.210. The molecule has 3 atom stereocenters. The van der Waals surface area contributed by atoms with E-state index in [1.807, 2.05) is 17.0 Å². The molecular formula is C20H30N2O2. The largest absolute Gasteiger partial charge is 0.326 e. The molecule has 1 aromatic rings. The highest BCUT2D eigenvalue weighted by Crippen LogP contribution is 2.44. The van der Waals surface area contributed by atoms with Gasteiger partial charge in [-0.15, -0.1) is 0 Å². The van der Waals surface area contributed by atoms with Gasteiger partial charge in [0.1, 0.15) is 18.3 Å². The van der Waals surface area contributed by atoms with Crippen molar-refractivity contribution in [2.24, 2.45) is 5.41 Å². The Morgan fingerprint density at radius 3 is 2.12 bits per heavy atom. The first kappa shape index (κ1) is 17.4. The van der Waals surface area contributed by atoms with Crippen LogP contribution in [0.1, 0.15) is 65.2 Å². The van der Waals surface area contributed by atoms with Gasteiger partial charge in [0.25, 0.3) is 0 Å². The molecule has 132 valence electrons. The third kappa shape index (κ3) is 2.86. The zero-order valence-electron chi connectivity index (χ0n) is 16.0. The van der Waals surface area contributed by atoms with Gasteiger partial charge < -0.3 is 4.90 Å². The molecule has 1 amide bonds. The van der Waals surface area contributed by atoms with Crippen LogP contribution in [-0.4, -0.2) is 35.1 Å². The molecule has 24 heavy (non-hydrogen) atoms. The number of carbonyl (C=O) groups excluding carboxylic acids is 1. The predicted octanol–water partition coefficient (Wildman–Crippen LogP) is 3.88. The summed E-state index contributed by atoms with van der Waals surface area (Å²) in [5, 5.41) is 1.94. The topological polar surface area (TPSA) is 32.8 Å². The van der Waals surface area contributed by atoms with Crippen LogP contribution in [-0.2, 0) is 15.0 Å². The number of amides is 1. The maximum atomic E-state index is 12.6. The fraction of sp³-hybridized carbons (Fsp3) is 0.650. The van der Waals surface area contributed by atoms with Crippen LogP contribution in [0.15, 0.2) is 24.3 Å². The Hall–Kier alpha value is -1.39. The predicted molar refractivity (Wildman–Crippen MR) is 95.2 cm³/mol. The first-order chi connectivity index (χ1) is 11.0. The summed E-state index contributed by atoms with van der Waals surface area (Å²) in [5.41, 5.74) is 2.56. The molecule has 0 saturated carbocycles. The van der Waals surface area contributed by atoms with Gasteiger partial charge in [-0.05, 0) is 22.0 Å². The molecule has 0 aromatic heterocycles. The zero-order valence-corrected chi connectivity index (χ0v) is 16.0. The first-order valence-corrected chi connectivity index (χ1v) is 8.82. The Balaban J connectivity index is 1.82. The van der Waals surface area contributed by atoms with Crippen LogP contribution < -0.4 is 0 Å². The van der Waals surface area contributed by atoms with Crippen LogP contribution in [0.5, 0.6) is 0 Å². The van der Waals surface area contributed by atoms with E-state index in [-0.39, 0.29) is 35.0 Å². The number of likely N-dealkylation sites (N-methyl/N-ethyl adjacent to an activating group) is 1. The third-order valence-corrected chi connectivity index (χ3v) is 5.16. The molecule has 2 saturated heterocycles. The Morgan fingerprint density at radius 1 is 1.04 bits per heavy atom.